The highest BCUT2D eigenvalue weighted by molar-refractivity contribution is 5.88. The summed E-state index contributed by atoms with van der Waals surface area (Å²) in [6.45, 7) is 0.256. The Hall–Kier alpha value is -3.85. The monoisotopic (exact) mass is 426 g/mol. The summed E-state index contributed by atoms with van der Waals surface area (Å²) in [7, 11) is 0. The molecule has 4 rings (SSSR count). The minimum absolute atomic E-state index is 0.0698. The fraction of sp³-hybridized carbons (Fsp3) is 0.269. The summed E-state index contributed by atoms with van der Waals surface area (Å²) in [5, 5.41) is 19.5. The first kappa shape index (κ1) is 21.4. The van der Waals surface area contributed by atoms with Crippen molar-refractivity contribution < 1.29 is 9.59 Å². The normalized spacial score (nSPS) is 17.7. The van der Waals surface area contributed by atoms with Gasteiger partial charge >= 0.3 is 6.03 Å². The van der Waals surface area contributed by atoms with E-state index in [1.165, 1.54) is 5.56 Å². The average molecular weight is 427 g/mol. The largest absolute Gasteiger partial charge is 0.353 e. The van der Waals surface area contributed by atoms with Crippen LogP contribution in [0.2, 0.25) is 0 Å². The van der Waals surface area contributed by atoms with E-state index in [-0.39, 0.29) is 30.9 Å². The number of rotatable bonds is 8. The molecule has 0 saturated heterocycles. The molecule has 0 aromatic heterocycles. The number of nitriles is 1. The van der Waals surface area contributed by atoms with Crippen LogP contribution in [0.5, 0.6) is 0 Å². The Morgan fingerprint density at radius 1 is 1.00 bits per heavy atom. The number of nitrogens with zero attached hydrogens (tertiary/aromatic N) is 1. The molecule has 1 aliphatic rings. The van der Waals surface area contributed by atoms with Gasteiger partial charge in [0.2, 0.25) is 5.91 Å². The fourth-order valence-electron chi connectivity index (χ4n) is 3.97. The highest BCUT2D eigenvalue weighted by atomic mass is 16.2. The van der Waals surface area contributed by atoms with Crippen LogP contribution in [-0.4, -0.2) is 30.6 Å². The Morgan fingerprint density at radius 2 is 1.75 bits per heavy atom. The van der Waals surface area contributed by atoms with E-state index in [4.69, 9.17) is 5.26 Å². The first-order chi connectivity index (χ1) is 15.6. The molecule has 3 aromatic rings. The second kappa shape index (κ2) is 9.97. The maximum Gasteiger partial charge on any atom is 0.315 e. The summed E-state index contributed by atoms with van der Waals surface area (Å²) in [5.74, 6) is 0.0179. The van der Waals surface area contributed by atoms with E-state index in [2.05, 4.69) is 28.1 Å². The molecule has 1 aliphatic carbocycles. The third-order valence-corrected chi connectivity index (χ3v) is 5.75. The Morgan fingerprint density at radius 3 is 2.53 bits per heavy atom. The average Bonchev–Trinajstić information content (AvgIpc) is 3.58. The van der Waals surface area contributed by atoms with Crippen molar-refractivity contribution in [3.63, 3.8) is 0 Å². The molecule has 0 aliphatic heterocycles. The summed E-state index contributed by atoms with van der Waals surface area (Å²) in [5.41, 5.74) is 2.16. The van der Waals surface area contributed by atoms with Gasteiger partial charge in [-0.05, 0) is 28.3 Å². The van der Waals surface area contributed by atoms with Crippen molar-refractivity contribution in [1.82, 2.24) is 16.0 Å². The van der Waals surface area contributed by atoms with E-state index in [0.29, 0.717) is 12.3 Å². The van der Waals surface area contributed by atoms with Crippen LogP contribution in [-0.2, 0) is 11.2 Å². The summed E-state index contributed by atoms with van der Waals surface area (Å²) >= 11 is 0. The van der Waals surface area contributed by atoms with Crippen LogP contribution in [0.15, 0.2) is 72.8 Å². The number of fused-ring (bicyclic) bond motifs is 1. The van der Waals surface area contributed by atoms with E-state index in [0.717, 1.165) is 22.8 Å². The first-order valence-electron chi connectivity index (χ1n) is 10.9. The van der Waals surface area contributed by atoms with Crippen LogP contribution in [0, 0.1) is 11.3 Å². The standard InChI is InChI=1S/C26H26N4O2/c27-13-6-14-28-25(31)24(16-18-11-12-19-7-4-5-10-21(19)15-18)30-26(32)29-23-17-22(23)20-8-2-1-3-9-20/h1-5,7-12,15,22-24H,6,14,16-17H2,(H,28,31)(H2,29,30,32). The quantitative estimate of drug-likeness (QED) is 0.480. The van der Waals surface area contributed by atoms with Gasteiger partial charge in [-0.3, -0.25) is 4.79 Å². The second-order valence-corrected chi connectivity index (χ2v) is 8.11. The molecule has 1 saturated carbocycles. The van der Waals surface area contributed by atoms with Crippen molar-refractivity contribution in [1.29, 1.82) is 5.26 Å². The third-order valence-electron chi connectivity index (χ3n) is 5.75. The van der Waals surface area contributed by atoms with Crippen LogP contribution in [0.4, 0.5) is 4.79 Å². The maximum absolute atomic E-state index is 12.7. The number of benzene rings is 3. The zero-order chi connectivity index (χ0) is 22.3. The zero-order valence-corrected chi connectivity index (χ0v) is 17.8. The van der Waals surface area contributed by atoms with Gasteiger partial charge in [-0.25, -0.2) is 4.79 Å². The lowest BCUT2D eigenvalue weighted by molar-refractivity contribution is -0.122. The van der Waals surface area contributed by atoms with Gasteiger partial charge in [0.15, 0.2) is 0 Å². The molecule has 6 nitrogen and oxygen atoms in total. The zero-order valence-electron chi connectivity index (χ0n) is 17.8. The molecule has 3 amide bonds. The first-order valence-corrected chi connectivity index (χ1v) is 10.9. The topological polar surface area (TPSA) is 94.0 Å². The summed E-state index contributed by atoms with van der Waals surface area (Å²) < 4.78 is 0. The van der Waals surface area contributed by atoms with Crippen LogP contribution in [0.1, 0.15) is 29.9 Å². The third kappa shape index (κ3) is 5.44. The molecular formula is C26H26N4O2. The van der Waals surface area contributed by atoms with Crippen LogP contribution in [0.3, 0.4) is 0 Å². The van der Waals surface area contributed by atoms with Gasteiger partial charge < -0.3 is 16.0 Å². The Balaban J connectivity index is 1.41. The summed E-state index contributed by atoms with van der Waals surface area (Å²) in [4.78, 5) is 25.4. The van der Waals surface area contributed by atoms with Crippen molar-refractivity contribution in [3.05, 3.63) is 83.9 Å². The molecule has 3 unspecified atom stereocenters. The number of amides is 3. The van der Waals surface area contributed by atoms with Gasteiger partial charge in [-0.1, -0.05) is 72.8 Å². The molecule has 0 spiro atoms. The van der Waals surface area contributed by atoms with Crippen LogP contribution >= 0.6 is 0 Å². The van der Waals surface area contributed by atoms with E-state index in [9.17, 15) is 9.59 Å². The SMILES string of the molecule is N#CCCNC(=O)C(Cc1ccc2ccccc2c1)NC(=O)NC1CC1c1ccccc1. The van der Waals surface area contributed by atoms with Gasteiger partial charge in [0, 0.05) is 24.9 Å². The van der Waals surface area contributed by atoms with Gasteiger partial charge in [0.25, 0.3) is 0 Å². The molecule has 6 heteroatoms. The predicted molar refractivity (Wildman–Crippen MR) is 124 cm³/mol. The van der Waals surface area contributed by atoms with Gasteiger partial charge in [0.05, 0.1) is 12.5 Å². The smallest absolute Gasteiger partial charge is 0.315 e. The molecule has 162 valence electrons. The van der Waals surface area contributed by atoms with Crippen LogP contribution < -0.4 is 16.0 Å². The molecule has 3 aromatic carbocycles. The lowest BCUT2D eigenvalue weighted by Crippen LogP contribution is -2.51. The minimum atomic E-state index is -0.733. The Kier molecular flexibility index (Phi) is 6.66. The van der Waals surface area contributed by atoms with E-state index >= 15 is 0 Å². The highest BCUT2D eigenvalue weighted by Gasteiger charge is 2.39. The number of nitrogens with one attached hydrogen (secondary N) is 3. The molecule has 0 heterocycles. The van der Waals surface area contributed by atoms with Crippen molar-refractivity contribution in [2.75, 3.05) is 6.54 Å². The number of urea groups is 1. The van der Waals surface area contributed by atoms with E-state index in [1.54, 1.807) is 0 Å². The van der Waals surface area contributed by atoms with Crippen molar-refractivity contribution in [2.24, 2.45) is 0 Å². The molecule has 3 N–H and O–H groups in total. The molecule has 3 atom stereocenters. The second-order valence-electron chi connectivity index (χ2n) is 8.11. The Labute approximate surface area is 187 Å². The molecular weight excluding hydrogens is 400 g/mol. The van der Waals surface area contributed by atoms with Gasteiger partial charge in [-0.15, -0.1) is 0 Å². The number of hydrogen-bond donors (Lipinski definition) is 3. The van der Waals surface area contributed by atoms with Crippen molar-refractivity contribution >= 4 is 22.7 Å². The van der Waals surface area contributed by atoms with E-state index < -0.39 is 6.04 Å². The summed E-state index contributed by atoms with van der Waals surface area (Å²) in [6.07, 6.45) is 1.48. The molecule has 32 heavy (non-hydrogen) atoms. The fourth-order valence-corrected chi connectivity index (χ4v) is 3.97. The molecule has 0 bridgehead atoms. The molecule has 0 radical (unpaired) electrons. The lowest BCUT2D eigenvalue weighted by atomic mass is 10.0. The number of carbonyl (C=O) groups is 2. The van der Waals surface area contributed by atoms with Gasteiger partial charge in [0.1, 0.15) is 6.04 Å². The minimum Gasteiger partial charge on any atom is -0.353 e. The van der Waals surface area contributed by atoms with Crippen molar-refractivity contribution in [3.8, 4) is 6.07 Å². The maximum atomic E-state index is 12.7. The summed E-state index contributed by atoms with van der Waals surface area (Å²) in [6, 6.07) is 25.2. The number of carbonyl (C=O) groups excluding carboxylic acids is 2. The van der Waals surface area contributed by atoms with Crippen LogP contribution in [0.25, 0.3) is 10.8 Å². The molecule has 1 fully saturated rings. The van der Waals surface area contributed by atoms with E-state index in [1.807, 2.05) is 66.7 Å². The number of hydrogen-bond acceptors (Lipinski definition) is 3. The lowest BCUT2D eigenvalue weighted by Gasteiger charge is -2.19. The predicted octanol–water partition coefficient (Wildman–Crippen LogP) is 3.64. The Bertz CT molecular complexity index is 1140. The van der Waals surface area contributed by atoms with Gasteiger partial charge in [-0.2, -0.15) is 5.26 Å². The van der Waals surface area contributed by atoms with Crippen molar-refractivity contribution in [2.45, 2.75) is 37.3 Å². The highest BCUT2D eigenvalue weighted by Crippen LogP contribution is 2.40.